The number of anilines is 1. The van der Waals surface area contributed by atoms with Crippen LogP contribution in [-0.2, 0) is 0 Å². The van der Waals surface area contributed by atoms with Crippen molar-refractivity contribution in [3.8, 4) is 0 Å². The van der Waals surface area contributed by atoms with E-state index in [4.69, 9.17) is 0 Å². The van der Waals surface area contributed by atoms with Crippen LogP contribution in [0.1, 0.15) is 90.9 Å². The zero-order chi connectivity index (χ0) is 17.5. The number of nitrogens with zero attached hydrogens (tertiary/aromatic N) is 1. The lowest BCUT2D eigenvalue weighted by atomic mass is 10.1. The van der Waals surface area contributed by atoms with E-state index >= 15 is 0 Å². The van der Waals surface area contributed by atoms with Gasteiger partial charge in [0.15, 0.2) is 0 Å². The predicted molar refractivity (Wildman–Crippen MR) is 113 cm³/mol. The highest BCUT2D eigenvalue weighted by atomic mass is 79.9. The fourth-order valence-electron chi connectivity index (χ4n) is 3.19. The van der Waals surface area contributed by atoms with Crippen LogP contribution in [0.25, 0.3) is 0 Å². The van der Waals surface area contributed by atoms with Crippen molar-refractivity contribution < 1.29 is 0 Å². The summed E-state index contributed by atoms with van der Waals surface area (Å²) in [5.74, 6) is 0. The third-order valence-electron chi connectivity index (χ3n) is 4.75. The van der Waals surface area contributed by atoms with Crippen LogP contribution in [-0.4, -0.2) is 13.1 Å². The van der Waals surface area contributed by atoms with E-state index in [1.807, 2.05) is 0 Å². The highest BCUT2D eigenvalue weighted by Crippen LogP contribution is 2.20. The van der Waals surface area contributed by atoms with Gasteiger partial charge in [0.25, 0.3) is 0 Å². The predicted octanol–water partition coefficient (Wildman–Crippen LogP) is 7.98. The van der Waals surface area contributed by atoms with E-state index in [1.165, 1.54) is 100 Å². The molecule has 1 nitrogen and oxygen atoms in total. The molecule has 0 amide bonds. The Morgan fingerprint density at radius 1 is 0.625 bits per heavy atom. The van der Waals surface area contributed by atoms with E-state index < -0.39 is 0 Å². The number of benzene rings is 1. The van der Waals surface area contributed by atoms with Crippen molar-refractivity contribution in [3.05, 3.63) is 28.7 Å². The summed E-state index contributed by atoms with van der Waals surface area (Å²) in [6.07, 6.45) is 16.5. The molecule has 0 bridgehead atoms. The second kappa shape index (κ2) is 14.8. The molecule has 1 rings (SSSR count). The van der Waals surface area contributed by atoms with E-state index in [0.717, 1.165) is 0 Å². The van der Waals surface area contributed by atoms with Gasteiger partial charge in [-0.3, -0.25) is 0 Å². The Labute approximate surface area is 159 Å². The number of halogens is 1. The number of hydrogen-bond acceptors (Lipinski definition) is 1. The maximum atomic E-state index is 3.55. The van der Waals surface area contributed by atoms with Crippen molar-refractivity contribution in [1.29, 1.82) is 0 Å². The first-order valence-electron chi connectivity index (χ1n) is 10.3. The molecule has 0 fully saturated rings. The molecule has 138 valence electrons. The van der Waals surface area contributed by atoms with Gasteiger partial charge in [-0.1, -0.05) is 94.0 Å². The van der Waals surface area contributed by atoms with Crippen LogP contribution in [0, 0.1) is 0 Å². The van der Waals surface area contributed by atoms with E-state index in [9.17, 15) is 0 Å². The van der Waals surface area contributed by atoms with Crippen LogP contribution in [0.4, 0.5) is 5.69 Å². The summed E-state index contributed by atoms with van der Waals surface area (Å²) in [4.78, 5) is 2.60. The Balaban J connectivity index is 2.34. The lowest BCUT2D eigenvalue weighted by molar-refractivity contribution is 0.575. The molecule has 0 atom stereocenters. The smallest absolute Gasteiger partial charge is 0.0366 e. The average molecular weight is 396 g/mol. The molecule has 0 radical (unpaired) electrons. The number of unbranched alkanes of at least 4 members (excludes halogenated alkanes) is 10. The molecule has 0 spiro atoms. The standard InChI is InChI=1S/C22H38BrN/c1-3-5-7-9-11-13-19-24(20-14-12-10-8-6-4-2)22-17-15-21(23)16-18-22/h15-18H,3-14,19-20H2,1-2H3. The highest BCUT2D eigenvalue weighted by Gasteiger charge is 2.06. The first kappa shape index (κ1) is 21.5. The van der Waals surface area contributed by atoms with Crippen molar-refractivity contribution in [2.45, 2.75) is 90.9 Å². The second-order valence-electron chi connectivity index (χ2n) is 7.00. The molecule has 2 heteroatoms. The Bertz CT molecular complexity index is 371. The van der Waals surface area contributed by atoms with Gasteiger partial charge in [0.1, 0.15) is 0 Å². The minimum absolute atomic E-state index is 1.17. The third kappa shape index (κ3) is 10.4. The van der Waals surface area contributed by atoms with Gasteiger partial charge in [0, 0.05) is 23.2 Å². The van der Waals surface area contributed by atoms with Crippen molar-refractivity contribution in [2.24, 2.45) is 0 Å². The molecule has 0 N–H and O–H groups in total. The third-order valence-corrected chi connectivity index (χ3v) is 5.28. The zero-order valence-corrected chi connectivity index (χ0v) is 17.6. The van der Waals surface area contributed by atoms with Gasteiger partial charge in [0.05, 0.1) is 0 Å². The van der Waals surface area contributed by atoms with Gasteiger partial charge in [-0.2, -0.15) is 0 Å². The van der Waals surface area contributed by atoms with Gasteiger partial charge in [-0.25, -0.2) is 0 Å². The van der Waals surface area contributed by atoms with Crippen LogP contribution in [0.2, 0.25) is 0 Å². The van der Waals surface area contributed by atoms with Crippen molar-refractivity contribution in [3.63, 3.8) is 0 Å². The molecule has 0 saturated heterocycles. The molecule has 0 aromatic heterocycles. The van der Waals surface area contributed by atoms with Crippen LogP contribution in [0.15, 0.2) is 28.7 Å². The summed E-state index contributed by atoms with van der Waals surface area (Å²) in [6, 6.07) is 8.87. The molecule has 1 aromatic rings. The summed E-state index contributed by atoms with van der Waals surface area (Å²) in [5.41, 5.74) is 1.39. The van der Waals surface area contributed by atoms with Crippen LogP contribution >= 0.6 is 15.9 Å². The SMILES string of the molecule is CCCCCCCCN(CCCCCCCC)c1ccc(Br)cc1. The first-order valence-corrected chi connectivity index (χ1v) is 11.1. The second-order valence-corrected chi connectivity index (χ2v) is 7.91. The molecule has 24 heavy (non-hydrogen) atoms. The van der Waals surface area contributed by atoms with E-state index in [0.29, 0.717) is 0 Å². The molecule has 0 unspecified atom stereocenters. The van der Waals surface area contributed by atoms with Crippen molar-refractivity contribution in [1.82, 2.24) is 0 Å². The van der Waals surface area contributed by atoms with Crippen LogP contribution in [0.3, 0.4) is 0 Å². The summed E-state index contributed by atoms with van der Waals surface area (Å²) >= 11 is 3.55. The average Bonchev–Trinajstić information content (AvgIpc) is 2.60. The quantitative estimate of drug-likeness (QED) is 0.272. The van der Waals surface area contributed by atoms with Crippen LogP contribution in [0.5, 0.6) is 0 Å². The van der Waals surface area contributed by atoms with Crippen LogP contribution < -0.4 is 4.90 Å². The monoisotopic (exact) mass is 395 g/mol. The molecular weight excluding hydrogens is 358 g/mol. The lowest BCUT2D eigenvalue weighted by Crippen LogP contribution is -2.25. The fourth-order valence-corrected chi connectivity index (χ4v) is 3.45. The van der Waals surface area contributed by atoms with E-state index in [1.54, 1.807) is 0 Å². The zero-order valence-electron chi connectivity index (χ0n) is 16.0. The summed E-state index contributed by atoms with van der Waals surface area (Å²) in [6.45, 7) is 7.00. The molecule has 0 aliphatic heterocycles. The van der Waals surface area contributed by atoms with Gasteiger partial charge in [0.2, 0.25) is 0 Å². The Hall–Kier alpha value is -0.500. The molecule has 0 aliphatic rings. The van der Waals surface area contributed by atoms with Crippen molar-refractivity contribution >= 4 is 21.6 Å². The molecular formula is C22H38BrN. The fraction of sp³-hybridized carbons (Fsp3) is 0.727. The minimum Gasteiger partial charge on any atom is -0.372 e. The van der Waals surface area contributed by atoms with E-state index in [2.05, 4.69) is 58.9 Å². The minimum atomic E-state index is 1.17. The maximum absolute atomic E-state index is 3.55. The lowest BCUT2D eigenvalue weighted by Gasteiger charge is -2.25. The topological polar surface area (TPSA) is 3.24 Å². The molecule has 0 saturated carbocycles. The van der Waals surface area contributed by atoms with Crippen molar-refractivity contribution in [2.75, 3.05) is 18.0 Å². The van der Waals surface area contributed by atoms with Gasteiger partial charge >= 0.3 is 0 Å². The largest absolute Gasteiger partial charge is 0.372 e. The Kier molecular flexibility index (Phi) is 13.3. The maximum Gasteiger partial charge on any atom is 0.0366 e. The molecule has 1 aromatic carbocycles. The summed E-state index contributed by atoms with van der Waals surface area (Å²) in [5, 5.41) is 0. The Morgan fingerprint density at radius 2 is 1.04 bits per heavy atom. The highest BCUT2D eigenvalue weighted by molar-refractivity contribution is 9.10. The molecule has 0 aliphatic carbocycles. The van der Waals surface area contributed by atoms with E-state index in [-0.39, 0.29) is 0 Å². The normalized spacial score (nSPS) is 11.0. The Morgan fingerprint density at radius 3 is 1.50 bits per heavy atom. The number of hydrogen-bond donors (Lipinski definition) is 0. The number of rotatable bonds is 15. The summed E-state index contributed by atoms with van der Waals surface area (Å²) in [7, 11) is 0. The first-order chi connectivity index (χ1) is 11.8. The van der Waals surface area contributed by atoms with Gasteiger partial charge in [-0.05, 0) is 37.1 Å². The van der Waals surface area contributed by atoms with Gasteiger partial charge in [-0.15, -0.1) is 0 Å². The molecule has 0 heterocycles. The summed E-state index contributed by atoms with van der Waals surface area (Å²) < 4.78 is 1.17. The van der Waals surface area contributed by atoms with Gasteiger partial charge < -0.3 is 4.90 Å².